The van der Waals surface area contributed by atoms with Crippen LogP contribution in [0.15, 0.2) is 27.2 Å². The molecule has 2 atom stereocenters. The van der Waals surface area contributed by atoms with Gasteiger partial charge in [0.05, 0.1) is 18.6 Å². The Labute approximate surface area is 125 Å². The topological polar surface area (TPSA) is 74.2 Å². The molecule has 0 aliphatic carbocycles. The number of nitrogens with two attached hydrogens (primary N) is 1. The molecule has 2 unspecified atom stereocenters. The van der Waals surface area contributed by atoms with Gasteiger partial charge in [-0.1, -0.05) is 27.2 Å². The van der Waals surface area contributed by atoms with Crippen LogP contribution in [0.3, 0.4) is 0 Å². The molecule has 0 saturated carbocycles. The largest absolute Gasteiger partial charge is 0.379 e. The van der Waals surface area contributed by atoms with Gasteiger partial charge < -0.3 is 15.0 Å². The Balaban J connectivity index is 1.98. The van der Waals surface area contributed by atoms with Crippen molar-refractivity contribution in [3.05, 3.63) is 34.1 Å². The molecule has 0 bridgehead atoms. The van der Waals surface area contributed by atoms with E-state index in [2.05, 4.69) is 26.1 Å². The summed E-state index contributed by atoms with van der Waals surface area (Å²) in [6.07, 6.45) is 0. The average molecular weight is 338 g/mol. The molecule has 1 aliphatic rings. The Kier molecular flexibility index (Phi) is 3.40. The number of nitrogens with zero attached hydrogens (tertiary/aromatic N) is 2. The van der Waals surface area contributed by atoms with Crippen LogP contribution in [0.4, 0.5) is 0 Å². The first-order valence-electron chi connectivity index (χ1n) is 6.45. The Hall–Kier alpha value is -1.24. The zero-order valence-electron chi connectivity index (χ0n) is 11.4. The molecule has 5 nitrogen and oxygen atoms in total. The number of hydrogen-bond acceptors (Lipinski definition) is 5. The lowest BCUT2D eigenvalue weighted by Gasteiger charge is -2.21. The lowest BCUT2D eigenvalue weighted by atomic mass is 9.86. The van der Waals surface area contributed by atoms with E-state index < -0.39 is 5.41 Å². The van der Waals surface area contributed by atoms with E-state index in [1.165, 1.54) is 5.56 Å². The van der Waals surface area contributed by atoms with Gasteiger partial charge in [-0.25, -0.2) is 0 Å². The number of ether oxygens (including phenoxy) is 1. The maximum Gasteiger partial charge on any atom is 0.236 e. The van der Waals surface area contributed by atoms with Crippen molar-refractivity contribution in [2.24, 2.45) is 5.73 Å². The third kappa shape index (κ3) is 2.17. The highest BCUT2D eigenvalue weighted by Gasteiger charge is 2.44. The lowest BCUT2D eigenvalue weighted by Crippen LogP contribution is -2.42. The predicted octanol–water partition coefficient (Wildman–Crippen LogP) is 2.42. The highest BCUT2D eigenvalue weighted by molar-refractivity contribution is 9.10. The summed E-state index contributed by atoms with van der Waals surface area (Å²) in [6, 6.07) is 5.89. The molecule has 6 heteroatoms. The Morgan fingerprint density at radius 1 is 1.45 bits per heavy atom. The maximum absolute atomic E-state index is 6.08. The molecule has 20 heavy (non-hydrogen) atoms. The van der Waals surface area contributed by atoms with Crippen molar-refractivity contribution >= 4 is 15.9 Å². The summed E-state index contributed by atoms with van der Waals surface area (Å²) in [5, 5.41) is 4.07. The monoisotopic (exact) mass is 337 g/mol. The van der Waals surface area contributed by atoms with Gasteiger partial charge in [0.25, 0.3) is 0 Å². The van der Waals surface area contributed by atoms with Gasteiger partial charge in [-0.05, 0) is 31.5 Å². The molecule has 106 valence electrons. The van der Waals surface area contributed by atoms with Crippen molar-refractivity contribution in [2.75, 3.05) is 13.2 Å². The molecular weight excluding hydrogens is 322 g/mol. The van der Waals surface area contributed by atoms with Crippen LogP contribution < -0.4 is 5.73 Å². The Morgan fingerprint density at radius 3 is 2.90 bits per heavy atom. The van der Waals surface area contributed by atoms with Crippen LogP contribution in [0.2, 0.25) is 0 Å². The zero-order valence-corrected chi connectivity index (χ0v) is 13.0. The van der Waals surface area contributed by atoms with Crippen molar-refractivity contribution in [1.29, 1.82) is 0 Å². The second-order valence-electron chi connectivity index (χ2n) is 5.45. The van der Waals surface area contributed by atoms with Crippen LogP contribution in [0, 0.1) is 6.92 Å². The summed E-state index contributed by atoms with van der Waals surface area (Å²) in [5.74, 6) is 1.09. The van der Waals surface area contributed by atoms with Crippen molar-refractivity contribution in [2.45, 2.75) is 25.3 Å². The third-order valence-electron chi connectivity index (χ3n) is 3.80. The van der Waals surface area contributed by atoms with Gasteiger partial charge in [-0.15, -0.1) is 0 Å². The fourth-order valence-corrected chi connectivity index (χ4v) is 2.95. The van der Waals surface area contributed by atoms with Gasteiger partial charge in [0.15, 0.2) is 0 Å². The van der Waals surface area contributed by atoms with Crippen LogP contribution in [0.1, 0.15) is 18.4 Å². The van der Waals surface area contributed by atoms with E-state index in [0.717, 1.165) is 10.0 Å². The van der Waals surface area contributed by atoms with Crippen LogP contribution >= 0.6 is 15.9 Å². The maximum atomic E-state index is 6.08. The Bertz CT molecular complexity index is 643. The van der Waals surface area contributed by atoms with Gasteiger partial charge in [0, 0.05) is 16.1 Å². The molecule has 2 N–H and O–H groups in total. The van der Waals surface area contributed by atoms with Crippen molar-refractivity contribution in [1.82, 2.24) is 10.1 Å². The van der Waals surface area contributed by atoms with Crippen LogP contribution in [-0.4, -0.2) is 29.4 Å². The molecule has 1 aromatic carbocycles. The lowest BCUT2D eigenvalue weighted by molar-refractivity contribution is 0.169. The molecule has 1 aliphatic heterocycles. The zero-order chi connectivity index (χ0) is 14.3. The molecule has 1 saturated heterocycles. The minimum atomic E-state index is -0.414. The standard InChI is InChI=1S/C14H16BrN3O2/c1-8-3-4-9(10(15)5-8)12-17-13(20-18-12)14(2)7-19-6-11(14)16/h3-5,11H,6-7,16H2,1-2H3. The normalized spacial score (nSPS) is 26.1. The first kappa shape index (κ1) is 13.7. The molecule has 1 aromatic heterocycles. The number of rotatable bonds is 2. The molecule has 2 heterocycles. The van der Waals surface area contributed by atoms with Gasteiger partial charge in [-0.2, -0.15) is 4.98 Å². The third-order valence-corrected chi connectivity index (χ3v) is 4.45. The molecule has 3 rings (SSSR count). The summed E-state index contributed by atoms with van der Waals surface area (Å²) in [5.41, 5.74) is 7.74. The first-order chi connectivity index (χ1) is 9.50. The summed E-state index contributed by atoms with van der Waals surface area (Å²) in [4.78, 5) is 4.51. The van der Waals surface area contributed by atoms with Gasteiger partial charge >= 0.3 is 0 Å². The average Bonchev–Trinajstić information content (AvgIpc) is 2.99. The quantitative estimate of drug-likeness (QED) is 0.910. The highest BCUT2D eigenvalue weighted by Crippen LogP contribution is 2.33. The molecule has 2 aromatic rings. The predicted molar refractivity (Wildman–Crippen MR) is 78.3 cm³/mol. The minimum Gasteiger partial charge on any atom is -0.379 e. The molecule has 1 fully saturated rings. The van der Waals surface area contributed by atoms with E-state index in [4.69, 9.17) is 15.0 Å². The van der Waals surface area contributed by atoms with Crippen molar-refractivity contribution in [3.63, 3.8) is 0 Å². The number of aryl methyl sites for hydroxylation is 1. The fourth-order valence-electron chi connectivity index (χ4n) is 2.28. The number of halogens is 1. The summed E-state index contributed by atoms with van der Waals surface area (Å²) < 4.78 is 11.8. The minimum absolute atomic E-state index is 0.128. The Morgan fingerprint density at radius 2 is 2.25 bits per heavy atom. The van der Waals surface area contributed by atoms with E-state index in [1.807, 2.05) is 32.0 Å². The van der Waals surface area contributed by atoms with E-state index in [9.17, 15) is 0 Å². The number of aromatic nitrogens is 2. The van der Waals surface area contributed by atoms with Crippen molar-refractivity contribution < 1.29 is 9.26 Å². The SMILES string of the molecule is Cc1ccc(-c2noc(C3(C)COCC3N)n2)c(Br)c1. The van der Waals surface area contributed by atoms with Gasteiger partial charge in [0.1, 0.15) is 0 Å². The molecular formula is C14H16BrN3O2. The summed E-state index contributed by atoms with van der Waals surface area (Å²) in [7, 11) is 0. The summed E-state index contributed by atoms with van der Waals surface area (Å²) >= 11 is 3.53. The van der Waals surface area contributed by atoms with Gasteiger partial charge in [0.2, 0.25) is 11.7 Å². The summed E-state index contributed by atoms with van der Waals surface area (Å²) in [6.45, 7) is 5.05. The van der Waals surface area contributed by atoms with E-state index >= 15 is 0 Å². The van der Waals surface area contributed by atoms with E-state index in [1.54, 1.807) is 0 Å². The van der Waals surface area contributed by atoms with E-state index in [-0.39, 0.29) is 6.04 Å². The van der Waals surface area contributed by atoms with Crippen LogP contribution in [0.5, 0.6) is 0 Å². The number of benzene rings is 1. The smallest absolute Gasteiger partial charge is 0.236 e. The molecule has 0 spiro atoms. The highest BCUT2D eigenvalue weighted by atomic mass is 79.9. The van der Waals surface area contributed by atoms with E-state index in [0.29, 0.717) is 24.9 Å². The molecule has 0 amide bonds. The van der Waals surface area contributed by atoms with Crippen LogP contribution in [0.25, 0.3) is 11.4 Å². The van der Waals surface area contributed by atoms with Crippen LogP contribution in [-0.2, 0) is 10.2 Å². The van der Waals surface area contributed by atoms with Crippen molar-refractivity contribution in [3.8, 4) is 11.4 Å². The number of hydrogen-bond donors (Lipinski definition) is 1. The second-order valence-corrected chi connectivity index (χ2v) is 6.30. The second kappa shape index (κ2) is 4.95. The molecule has 0 radical (unpaired) electrons. The first-order valence-corrected chi connectivity index (χ1v) is 7.24. The van der Waals surface area contributed by atoms with Gasteiger partial charge in [-0.3, -0.25) is 0 Å². The fraction of sp³-hybridized carbons (Fsp3) is 0.429.